The van der Waals surface area contributed by atoms with Gasteiger partial charge in [-0.25, -0.2) is 9.07 Å². The summed E-state index contributed by atoms with van der Waals surface area (Å²) in [5, 5.41) is 14.7. The van der Waals surface area contributed by atoms with Crippen molar-refractivity contribution in [1.82, 2.24) is 14.7 Å². The van der Waals surface area contributed by atoms with E-state index in [9.17, 15) is 9.50 Å². The number of nitrogens with zero attached hydrogens (tertiary/aromatic N) is 3. The minimum absolute atomic E-state index is 0.282. The number of halogens is 1. The standard InChI is InChI=1S/C22H24FN3O2/c1-28-21-9-7-19(8-10-21)26-14-17(13-25-11-3-6-20(27)15-25)22(24-26)16-4-2-5-18(23)12-16/h2,4-5,7-10,12,14,20,27H,3,6,11,13,15H2,1H3/t20-/m0/s1. The molecule has 4 rings (SSSR count). The number of aliphatic hydroxyl groups excluding tert-OH is 1. The highest BCUT2D eigenvalue weighted by Gasteiger charge is 2.21. The molecular formula is C22H24FN3O2. The molecule has 5 nitrogen and oxygen atoms in total. The highest BCUT2D eigenvalue weighted by molar-refractivity contribution is 5.63. The lowest BCUT2D eigenvalue weighted by Gasteiger charge is -2.29. The van der Waals surface area contributed by atoms with E-state index in [1.165, 1.54) is 12.1 Å². The third kappa shape index (κ3) is 4.08. The first-order valence-electron chi connectivity index (χ1n) is 9.52. The molecule has 0 radical (unpaired) electrons. The number of piperidine rings is 1. The molecule has 0 unspecified atom stereocenters. The van der Waals surface area contributed by atoms with Gasteiger partial charge in [0.2, 0.25) is 0 Å². The van der Waals surface area contributed by atoms with Crippen LogP contribution in [0.1, 0.15) is 18.4 Å². The van der Waals surface area contributed by atoms with Crippen molar-refractivity contribution in [3.8, 4) is 22.7 Å². The Morgan fingerprint density at radius 2 is 2.04 bits per heavy atom. The Labute approximate surface area is 164 Å². The minimum atomic E-state index is -0.289. The summed E-state index contributed by atoms with van der Waals surface area (Å²) in [4.78, 5) is 2.23. The van der Waals surface area contributed by atoms with Crippen LogP contribution in [-0.4, -0.2) is 46.1 Å². The average Bonchev–Trinajstić information content (AvgIpc) is 3.12. The Morgan fingerprint density at radius 1 is 1.21 bits per heavy atom. The lowest BCUT2D eigenvalue weighted by Crippen LogP contribution is -2.37. The Morgan fingerprint density at radius 3 is 2.75 bits per heavy atom. The van der Waals surface area contributed by atoms with Gasteiger partial charge in [0.25, 0.3) is 0 Å². The molecule has 1 aliphatic heterocycles. The highest BCUT2D eigenvalue weighted by atomic mass is 19.1. The van der Waals surface area contributed by atoms with E-state index >= 15 is 0 Å². The smallest absolute Gasteiger partial charge is 0.123 e. The maximum Gasteiger partial charge on any atom is 0.123 e. The Bertz CT molecular complexity index is 939. The molecule has 28 heavy (non-hydrogen) atoms. The van der Waals surface area contributed by atoms with E-state index in [0.717, 1.165) is 47.6 Å². The number of aliphatic hydroxyl groups is 1. The molecule has 1 N–H and O–H groups in total. The van der Waals surface area contributed by atoms with Crippen molar-refractivity contribution in [2.24, 2.45) is 0 Å². The molecule has 3 aromatic rings. The molecule has 2 aromatic carbocycles. The van der Waals surface area contributed by atoms with Crippen LogP contribution in [0.25, 0.3) is 16.9 Å². The first-order valence-corrected chi connectivity index (χ1v) is 9.52. The highest BCUT2D eigenvalue weighted by Crippen LogP contribution is 2.27. The third-order valence-corrected chi connectivity index (χ3v) is 5.10. The van der Waals surface area contributed by atoms with Crippen molar-refractivity contribution in [3.63, 3.8) is 0 Å². The zero-order chi connectivity index (χ0) is 19.5. The third-order valence-electron chi connectivity index (χ3n) is 5.10. The number of β-amino-alcohol motifs (C(OH)–C–C–N with tert-alkyl or cyclic N) is 1. The van der Waals surface area contributed by atoms with Crippen LogP contribution in [0.4, 0.5) is 4.39 Å². The first-order chi connectivity index (χ1) is 13.6. The predicted molar refractivity (Wildman–Crippen MR) is 106 cm³/mol. The molecule has 1 aromatic heterocycles. The summed E-state index contributed by atoms with van der Waals surface area (Å²) in [5.41, 5.74) is 3.43. The van der Waals surface area contributed by atoms with E-state index in [4.69, 9.17) is 9.84 Å². The molecular weight excluding hydrogens is 357 g/mol. The second-order valence-electron chi connectivity index (χ2n) is 7.19. The largest absolute Gasteiger partial charge is 0.497 e. The molecule has 0 bridgehead atoms. The number of likely N-dealkylation sites (tertiary alicyclic amines) is 1. The average molecular weight is 381 g/mol. The summed E-state index contributed by atoms with van der Waals surface area (Å²) in [6.07, 6.45) is 3.52. The predicted octanol–water partition coefficient (Wildman–Crippen LogP) is 3.64. The maximum absolute atomic E-state index is 13.8. The molecule has 0 spiro atoms. The fourth-order valence-corrected chi connectivity index (χ4v) is 3.69. The van der Waals surface area contributed by atoms with Crippen molar-refractivity contribution in [1.29, 1.82) is 0 Å². The van der Waals surface area contributed by atoms with Gasteiger partial charge in [-0.2, -0.15) is 5.10 Å². The summed E-state index contributed by atoms with van der Waals surface area (Å²) in [5.74, 6) is 0.500. The minimum Gasteiger partial charge on any atom is -0.497 e. The fourth-order valence-electron chi connectivity index (χ4n) is 3.69. The number of hydrogen-bond acceptors (Lipinski definition) is 4. The van der Waals surface area contributed by atoms with Gasteiger partial charge in [-0.05, 0) is 55.8 Å². The number of hydrogen-bond donors (Lipinski definition) is 1. The molecule has 6 heteroatoms. The zero-order valence-corrected chi connectivity index (χ0v) is 15.9. The van der Waals surface area contributed by atoms with Gasteiger partial charge in [-0.1, -0.05) is 12.1 Å². The SMILES string of the molecule is COc1ccc(-n2cc(CN3CCC[C@H](O)C3)c(-c3cccc(F)c3)n2)cc1. The topological polar surface area (TPSA) is 50.5 Å². The van der Waals surface area contributed by atoms with E-state index in [-0.39, 0.29) is 11.9 Å². The van der Waals surface area contributed by atoms with Crippen LogP contribution >= 0.6 is 0 Å². The van der Waals surface area contributed by atoms with E-state index in [1.54, 1.807) is 13.2 Å². The van der Waals surface area contributed by atoms with Gasteiger partial charge in [0.05, 0.1) is 24.6 Å². The van der Waals surface area contributed by atoms with Gasteiger partial charge in [-0.15, -0.1) is 0 Å². The van der Waals surface area contributed by atoms with Crippen LogP contribution in [0.2, 0.25) is 0 Å². The zero-order valence-electron chi connectivity index (χ0n) is 15.9. The number of ether oxygens (including phenoxy) is 1. The molecule has 1 saturated heterocycles. The number of aromatic nitrogens is 2. The lowest BCUT2D eigenvalue weighted by molar-refractivity contribution is 0.0669. The lowest BCUT2D eigenvalue weighted by atomic mass is 10.1. The van der Waals surface area contributed by atoms with Crippen LogP contribution < -0.4 is 4.74 Å². The summed E-state index contributed by atoms with van der Waals surface area (Å²) < 4.78 is 20.9. The van der Waals surface area contributed by atoms with E-state index in [2.05, 4.69) is 4.90 Å². The second-order valence-corrected chi connectivity index (χ2v) is 7.19. The Hall–Kier alpha value is -2.70. The number of rotatable bonds is 5. The van der Waals surface area contributed by atoms with Crippen LogP contribution in [0.5, 0.6) is 5.75 Å². The van der Waals surface area contributed by atoms with Crippen molar-refractivity contribution < 1.29 is 14.2 Å². The summed E-state index contributed by atoms with van der Waals surface area (Å²) in [6, 6.07) is 14.2. The van der Waals surface area contributed by atoms with Crippen LogP contribution in [0, 0.1) is 5.82 Å². The van der Waals surface area contributed by atoms with E-state index in [1.807, 2.05) is 41.2 Å². The van der Waals surface area contributed by atoms with Crippen molar-refractivity contribution in [3.05, 3.63) is 66.1 Å². The first kappa shape index (κ1) is 18.7. The van der Waals surface area contributed by atoms with E-state index in [0.29, 0.717) is 13.1 Å². The molecule has 1 atom stereocenters. The maximum atomic E-state index is 13.8. The van der Waals surface area contributed by atoms with Gasteiger partial charge in [0.1, 0.15) is 11.6 Å². The van der Waals surface area contributed by atoms with Gasteiger partial charge in [0.15, 0.2) is 0 Å². The van der Waals surface area contributed by atoms with Gasteiger partial charge in [0, 0.05) is 30.4 Å². The van der Waals surface area contributed by atoms with Crippen molar-refractivity contribution in [2.45, 2.75) is 25.5 Å². The molecule has 146 valence electrons. The van der Waals surface area contributed by atoms with Crippen LogP contribution in [-0.2, 0) is 6.54 Å². The van der Waals surface area contributed by atoms with Crippen molar-refractivity contribution in [2.75, 3.05) is 20.2 Å². The second kappa shape index (κ2) is 8.12. The Kier molecular flexibility index (Phi) is 5.41. The molecule has 2 heterocycles. The van der Waals surface area contributed by atoms with E-state index < -0.39 is 0 Å². The molecule has 1 aliphatic rings. The van der Waals surface area contributed by atoms with Gasteiger partial charge in [-0.3, -0.25) is 4.90 Å². The van der Waals surface area contributed by atoms with Crippen LogP contribution in [0.3, 0.4) is 0 Å². The quantitative estimate of drug-likeness (QED) is 0.733. The molecule has 0 aliphatic carbocycles. The Balaban J connectivity index is 1.70. The summed E-state index contributed by atoms with van der Waals surface area (Å²) in [6.45, 7) is 2.25. The number of benzene rings is 2. The monoisotopic (exact) mass is 381 g/mol. The summed E-state index contributed by atoms with van der Waals surface area (Å²) >= 11 is 0. The van der Waals surface area contributed by atoms with Gasteiger partial charge < -0.3 is 9.84 Å². The van der Waals surface area contributed by atoms with Gasteiger partial charge >= 0.3 is 0 Å². The number of methoxy groups -OCH3 is 1. The van der Waals surface area contributed by atoms with Crippen molar-refractivity contribution >= 4 is 0 Å². The normalized spacial score (nSPS) is 17.6. The molecule has 1 fully saturated rings. The fraction of sp³-hybridized carbons (Fsp3) is 0.318. The van der Waals surface area contributed by atoms with Crippen LogP contribution in [0.15, 0.2) is 54.7 Å². The summed E-state index contributed by atoms with van der Waals surface area (Å²) in [7, 11) is 1.64. The molecule has 0 saturated carbocycles. The molecule has 0 amide bonds.